The van der Waals surface area contributed by atoms with E-state index in [1.54, 1.807) is 26.0 Å². The lowest BCUT2D eigenvalue weighted by Crippen LogP contribution is -2.17. The van der Waals surface area contributed by atoms with Gasteiger partial charge < -0.3 is 10.1 Å². The Morgan fingerprint density at radius 2 is 2.18 bits per heavy atom. The first-order valence-electron chi connectivity index (χ1n) is 5.37. The molecule has 5 heteroatoms. The van der Waals surface area contributed by atoms with Crippen molar-refractivity contribution in [3.05, 3.63) is 29.8 Å². The van der Waals surface area contributed by atoms with Gasteiger partial charge in [0.2, 0.25) is 0 Å². The number of aliphatic carboxylic acids is 1. The number of aromatic amines is 1. The highest BCUT2D eigenvalue weighted by atomic mass is 19.1. The molecule has 2 N–H and O–H groups in total. The van der Waals surface area contributed by atoms with Gasteiger partial charge in [0.05, 0.1) is 11.4 Å². The second-order valence-corrected chi connectivity index (χ2v) is 4.17. The van der Waals surface area contributed by atoms with Gasteiger partial charge in [-0.1, -0.05) is 19.9 Å². The zero-order valence-electron chi connectivity index (χ0n) is 9.57. The van der Waals surface area contributed by atoms with E-state index in [1.807, 2.05) is 0 Å². The normalized spacial score (nSPS) is 14.8. The predicted octanol–water partition coefficient (Wildman–Crippen LogP) is 2.53. The summed E-state index contributed by atoms with van der Waals surface area (Å²) >= 11 is 0. The van der Waals surface area contributed by atoms with Crippen LogP contribution in [0.3, 0.4) is 0 Å². The van der Waals surface area contributed by atoms with Gasteiger partial charge in [-0.25, -0.2) is 9.37 Å². The number of hydrogen-bond acceptors (Lipinski definition) is 2. The van der Waals surface area contributed by atoms with Crippen LogP contribution in [0.4, 0.5) is 4.39 Å². The van der Waals surface area contributed by atoms with Crippen molar-refractivity contribution in [2.24, 2.45) is 5.92 Å². The molecule has 1 heterocycles. The van der Waals surface area contributed by atoms with Crippen LogP contribution < -0.4 is 0 Å². The molecular weight excluding hydrogens is 223 g/mol. The third-order valence-corrected chi connectivity index (χ3v) is 3.05. The smallest absolute Gasteiger partial charge is 0.306 e. The number of imidazole rings is 1. The molecule has 0 amide bonds. The van der Waals surface area contributed by atoms with Crippen LogP contribution in [0.1, 0.15) is 25.6 Å². The number of nitrogens with zero attached hydrogens (tertiary/aromatic N) is 1. The van der Waals surface area contributed by atoms with E-state index >= 15 is 0 Å². The van der Waals surface area contributed by atoms with Crippen molar-refractivity contribution in [2.75, 3.05) is 0 Å². The molecule has 0 radical (unpaired) electrons. The van der Waals surface area contributed by atoms with Crippen molar-refractivity contribution < 1.29 is 14.3 Å². The predicted molar refractivity (Wildman–Crippen MR) is 61.3 cm³/mol. The van der Waals surface area contributed by atoms with Crippen LogP contribution >= 0.6 is 0 Å². The molecule has 2 aromatic rings. The van der Waals surface area contributed by atoms with E-state index < -0.39 is 17.7 Å². The van der Waals surface area contributed by atoms with Gasteiger partial charge >= 0.3 is 5.97 Å². The summed E-state index contributed by atoms with van der Waals surface area (Å²) in [6.45, 7) is 3.37. The maximum absolute atomic E-state index is 13.4. The Morgan fingerprint density at radius 3 is 2.76 bits per heavy atom. The molecule has 2 atom stereocenters. The van der Waals surface area contributed by atoms with E-state index in [2.05, 4.69) is 9.97 Å². The molecule has 0 fully saturated rings. The summed E-state index contributed by atoms with van der Waals surface area (Å²) < 4.78 is 13.4. The summed E-state index contributed by atoms with van der Waals surface area (Å²) in [5.74, 6) is -1.66. The third-order valence-electron chi connectivity index (χ3n) is 3.05. The molecule has 0 spiro atoms. The fourth-order valence-corrected chi connectivity index (χ4v) is 1.68. The van der Waals surface area contributed by atoms with Crippen LogP contribution in [0.15, 0.2) is 18.2 Å². The SMILES string of the molecule is CC(C(=O)O)C(C)c1nc2c(F)cccc2[nH]1. The van der Waals surface area contributed by atoms with Gasteiger partial charge in [0.25, 0.3) is 0 Å². The monoisotopic (exact) mass is 236 g/mol. The minimum atomic E-state index is -0.890. The van der Waals surface area contributed by atoms with E-state index in [4.69, 9.17) is 5.11 Å². The highest BCUT2D eigenvalue weighted by molar-refractivity contribution is 5.76. The van der Waals surface area contributed by atoms with Gasteiger partial charge in [-0.3, -0.25) is 4.79 Å². The number of halogens is 1. The van der Waals surface area contributed by atoms with Gasteiger partial charge in [-0.15, -0.1) is 0 Å². The number of carbonyl (C=O) groups is 1. The van der Waals surface area contributed by atoms with Crippen LogP contribution in [0, 0.1) is 11.7 Å². The van der Waals surface area contributed by atoms with E-state index in [0.29, 0.717) is 11.3 Å². The van der Waals surface area contributed by atoms with Crippen molar-refractivity contribution in [1.29, 1.82) is 0 Å². The van der Waals surface area contributed by atoms with Gasteiger partial charge in [0.15, 0.2) is 5.82 Å². The number of hydrogen-bond donors (Lipinski definition) is 2. The van der Waals surface area contributed by atoms with Crippen molar-refractivity contribution in [2.45, 2.75) is 19.8 Å². The lowest BCUT2D eigenvalue weighted by molar-refractivity contribution is -0.141. The van der Waals surface area contributed by atoms with Gasteiger partial charge in [0.1, 0.15) is 11.3 Å². The van der Waals surface area contributed by atoms with Crippen LogP contribution in [-0.4, -0.2) is 21.0 Å². The van der Waals surface area contributed by atoms with Crippen molar-refractivity contribution in [3.8, 4) is 0 Å². The standard InChI is InChI=1S/C12H13FN2O2/c1-6(7(2)12(16)17)11-14-9-5-3-4-8(13)10(9)15-11/h3-7H,1-2H3,(H,14,15)(H,16,17). The average Bonchev–Trinajstić information content (AvgIpc) is 2.72. The summed E-state index contributed by atoms with van der Waals surface area (Å²) in [4.78, 5) is 18.0. The quantitative estimate of drug-likeness (QED) is 0.860. The molecule has 90 valence electrons. The lowest BCUT2D eigenvalue weighted by atomic mass is 9.96. The lowest BCUT2D eigenvalue weighted by Gasteiger charge is -2.12. The number of para-hydroxylation sites is 1. The Bertz CT molecular complexity index is 565. The fraction of sp³-hybridized carbons (Fsp3) is 0.333. The molecule has 2 rings (SSSR count). The Balaban J connectivity index is 2.43. The first-order chi connectivity index (χ1) is 8.00. The Hall–Kier alpha value is -1.91. The molecule has 0 aliphatic rings. The van der Waals surface area contributed by atoms with Crippen LogP contribution in [-0.2, 0) is 4.79 Å². The Labute approximate surface area is 97.5 Å². The molecule has 0 aliphatic heterocycles. The van der Waals surface area contributed by atoms with Gasteiger partial charge in [0, 0.05) is 5.92 Å². The summed E-state index contributed by atoms with van der Waals surface area (Å²) in [5.41, 5.74) is 0.844. The zero-order chi connectivity index (χ0) is 12.6. The average molecular weight is 236 g/mol. The molecule has 0 bridgehead atoms. The number of nitrogens with one attached hydrogen (secondary N) is 1. The molecule has 0 saturated heterocycles. The second-order valence-electron chi connectivity index (χ2n) is 4.17. The third kappa shape index (κ3) is 2.00. The number of carboxylic acid groups (broad SMARTS) is 1. The number of H-pyrrole nitrogens is 1. The number of benzene rings is 1. The van der Waals surface area contributed by atoms with Crippen LogP contribution in [0.25, 0.3) is 11.0 Å². The van der Waals surface area contributed by atoms with E-state index in [0.717, 1.165) is 0 Å². The van der Waals surface area contributed by atoms with Crippen molar-refractivity contribution in [3.63, 3.8) is 0 Å². The molecule has 17 heavy (non-hydrogen) atoms. The molecule has 2 unspecified atom stereocenters. The summed E-state index contributed by atoms with van der Waals surface area (Å²) in [6.07, 6.45) is 0. The largest absolute Gasteiger partial charge is 0.481 e. The highest BCUT2D eigenvalue weighted by Crippen LogP contribution is 2.25. The minimum absolute atomic E-state index is 0.256. The van der Waals surface area contributed by atoms with E-state index in [-0.39, 0.29) is 11.4 Å². The topological polar surface area (TPSA) is 66.0 Å². The zero-order valence-corrected chi connectivity index (χ0v) is 9.57. The minimum Gasteiger partial charge on any atom is -0.481 e. The second kappa shape index (κ2) is 4.16. The Kier molecular flexibility index (Phi) is 2.83. The fourth-order valence-electron chi connectivity index (χ4n) is 1.68. The summed E-state index contributed by atoms with van der Waals surface area (Å²) in [6, 6.07) is 4.64. The number of rotatable bonds is 3. The summed E-state index contributed by atoms with van der Waals surface area (Å²) in [5, 5.41) is 8.93. The van der Waals surface area contributed by atoms with E-state index in [9.17, 15) is 9.18 Å². The molecule has 4 nitrogen and oxygen atoms in total. The van der Waals surface area contributed by atoms with E-state index in [1.165, 1.54) is 6.07 Å². The highest BCUT2D eigenvalue weighted by Gasteiger charge is 2.24. The van der Waals surface area contributed by atoms with Crippen molar-refractivity contribution >= 4 is 17.0 Å². The number of aromatic nitrogens is 2. The van der Waals surface area contributed by atoms with Gasteiger partial charge in [-0.05, 0) is 12.1 Å². The summed E-state index contributed by atoms with van der Waals surface area (Å²) in [7, 11) is 0. The first-order valence-corrected chi connectivity index (χ1v) is 5.37. The number of carboxylic acids is 1. The maximum atomic E-state index is 13.4. The van der Waals surface area contributed by atoms with Crippen molar-refractivity contribution in [1.82, 2.24) is 9.97 Å². The Morgan fingerprint density at radius 1 is 1.47 bits per heavy atom. The molecule has 0 saturated carbocycles. The molecule has 0 aliphatic carbocycles. The molecule has 1 aromatic carbocycles. The molecular formula is C12H13FN2O2. The van der Waals surface area contributed by atoms with Crippen LogP contribution in [0.2, 0.25) is 0 Å². The van der Waals surface area contributed by atoms with Crippen LogP contribution in [0.5, 0.6) is 0 Å². The first kappa shape index (κ1) is 11.6. The maximum Gasteiger partial charge on any atom is 0.306 e. The van der Waals surface area contributed by atoms with Gasteiger partial charge in [-0.2, -0.15) is 0 Å². The number of fused-ring (bicyclic) bond motifs is 1. The molecule has 1 aromatic heterocycles.